The summed E-state index contributed by atoms with van der Waals surface area (Å²) in [5.41, 5.74) is 0.971. The third-order valence-corrected chi connectivity index (χ3v) is 7.50. The van der Waals surface area contributed by atoms with E-state index >= 15 is 0 Å². The maximum atomic E-state index is 12.8. The first kappa shape index (κ1) is 21.8. The van der Waals surface area contributed by atoms with Crippen LogP contribution in [0.15, 0.2) is 35.5 Å². The largest absolute Gasteiger partial charge is 0.349 e. The van der Waals surface area contributed by atoms with Gasteiger partial charge in [0.1, 0.15) is 5.82 Å². The fraction of sp³-hybridized carbons (Fsp3) is 0.500. The zero-order valence-corrected chi connectivity index (χ0v) is 18.5. The topological polar surface area (TPSA) is 84.3 Å². The van der Waals surface area contributed by atoms with E-state index in [0.717, 1.165) is 12.0 Å². The first-order chi connectivity index (χ1) is 13.7. The summed E-state index contributed by atoms with van der Waals surface area (Å²) in [6, 6.07) is 7.37. The van der Waals surface area contributed by atoms with Crippen molar-refractivity contribution in [2.45, 2.75) is 44.2 Å². The lowest BCUT2D eigenvalue weighted by Crippen LogP contribution is -2.43. The third kappa shape index (κ3) is 4.82. The standard InChI is InChI=1S/C20H27ClN4O3S/c1-4-18(16-6-5-7-17(21)12-16)23-20(26)15-8-10-25(11-9-15)29(27,28)19-13-24(3)14(2)22-19/h5-7,12-13,15,18H,4,8-11H2,1-3H3,(H,23,26). The highest BCUT2D eigenvalue weighted by molar-refractivity contribution is 7.89. The molecule has 1 fully saturated rings. The maximum Gasteiger partial charge on any atom is 0.262 e. The van der Waals surface area contributed by atoms with E-state index in [0.29, 0.717) is 36.8 Å². The average molecular weight is 439 g/mol. The lowest BCUT2D eigenvalue weighted by atomic mass is 9.96. The van der Waals surface area contributed by atoms with Gasteiger partial charge in [-0.15, -0.1) is 0 Å². The van der Waals surface area contributed by atoms with Gasteiger partial charge >= 0.3 is 0 Å². The number of piperidine rings is 1. The Kier molecular flexibility index (Phi) is 6.65. The fourth-order valence-electron chi connectivity index (χ4n) is 3.58. The molecule has 1 aliphatic rings. The summed E-state index contributed by atoms with van der Waals surface area (Å²) >= 11 is 6.07. The van der Waals surface area contributed by atoms with Gasteiger partial charge in [0.15, 0.2) is 5.03 Å². The molecule has 0 aliphatic carbocycles. The van der Waals surface area contributed by atoms with Crippen molar-refractivity contribution >= 4 is 27.5 Å². The summed E-state index contributed by atoms with van der Waals surface area (Å²) in [6.45, 7) is 4.39. The number of hydrogen-bond acceptors (Lipinski definition) is 4. The molecule has 2 aromatic rings. The molecule has 0 bridgehead atoms. The highest BCUT2D eigenvalue weighted by atomic mass is 35.5. The highest BCUT2D eigenvalue weighted by Gasteiger charge is 2.34. The van der Waals surface area contributed by atoms with Crippen molar-refractivity contribution in [1.82, 2.24) is 19.2 Å². The Hall–Kier alpha value is -1.90. The van der Waals surface area contributed by atoms with E-state index in [1.54, 1.807) is 24.6 Å². The number of benzene rings is 1. The molecule has 0 spiro atoms. The van der Waals surface area contributed by atoms with Crippen molar-refractivity contribution in [2.24, 2.45) is 13.0 Å². The van der Waals surface area contributed by atoms with Gasteiger partial charge in [0, 0.05) is 37.3 Å². The van der Waals surface area contributed by atoms with Crippen LogP contribution in [-0.2, 0) is 21.9 Å². The van der Waals surface area contributed by atoms with E-state index in [-0.39, 0.29) is 22.9 Å². The van der Waals surface area contributed by atoms with Crippen molar-refractivity contribution in [3.8, 4) is 0 Å². The Balaban J connectivity index is 1.61. The van der Waals surface area contributed by atoms with Crippen molar-refractivity contribution in [2.75, 3.05) is 13.1 Å². The second kappa shape index (κ2) is 8.85. The molecule has 7 nitrogen and oxygen atoms in total. The molecule has 1 saturated heterocycles. The number of imidazole rings is 1. The van der Waals surface area contributed by atoms with Crippen molar-refractivity contribution in [3.05, 3.63) is 46.9 Å². The van der Waals surface area contributed by atoms with E-state index in [2.05, 4.69) is 10.3 Å². The quantitative estimate of drug-likeness (QED) is 0.751. The van der Waals surface area contributed by atoms with Crippen LogP contribution < -0.4 is 5.32 Å². The van der Waals surface area contributed by atoms with Crippen LogP contribution in [0.2, 0.25) is 5.02 Å². The number of amides is 1. The van der Waals surface area contributed by atoms with E-state index in [9.17, 15) is 13.2 Å². The summed E-state index contributed by atoms with van der Waals surface area (Å²) in [6.07, 6.45) is 3.25. The Morgan fingerprint density at radius 1 is 1.34 bits per heavy atom. The van der Waals surface area contributed by atoms with Crippen LogP contribution in [0.5, 0.6) is 0 Å². The molecule has 1 aliphatic heterocycles. The predicted octanol–water partition coefficient (Wildman–Crippen LogP) is 3.05. The van der Waals surface area contributed by atoms with Crippen LogP contribution in [0.3, 0.4) is 0 Å². The van der Waals surface area contributed by atoms with Crippen LogP contribution in [0, 0.1) is 12.8 Å². The molecule has 1 N–H and O–H groups in total. The molecule has 1 unspecified atom stereocenters. The SMILES string of the molecule is CCC(NC(=O)C1CCN(S(=O)(=O)c2cn(C)c(C)n2)CC1)c1cccc(Cl)c1. The smallest absolute Gasteiger partial charge is 0.262 e. The number of carbonyl (C=O) groups excluding carboxylic acids is 1. The molecule has 1 amide bonds. The number of nitrogens with one attached hydrogen (secondary N) is 1. The van der Waals surface area contributed by atoms with Gasteiger partial charge in [0.2, 0.25) is 5.91 Å². The second-order valence-corrected chi connectivity index (χ2v) is 9.76. The number of aryl methyl sites for hydroxylation is 2. The average Bonchev–Trinajstić information content (AvgIpc) is 3.05. The summed E-state index contributed by atoms with van der Waals surface area (Å²) in [4.78, 5) is 16.9. The molecule has 3 rings (SSSR count). The van der Waals surface area contributed by atoms with Gasteiger partial charge in [-0.25, -0.2) is 13.4 Å². The van der Waals surface area contributed by atoms with Crippen LogP contribution in [0.4, 0.5) is 0 Å². The number of sulfonamides is 1. The molecule has 0 radical (unpaired) electrons. The number of nitrogens with zero attached hydrogens (tertiary/aromatic N) is 3. The second-order valence-electron chi connectivity index (χ2n) is 7.44. The Morgan fingerprint density at radius 2 is 2.03 bits per heavy atom. The lowest BCUT2D eigenvalue weighted by molar-refractivity contribution is -0.126. The molecule has 0 saturated carbocycles. The zero-order chi connectivity index (χ0) is 21.2. The van der Waals surface area contributed by atoms with Crippen LogP contribution >= 0.6 is 11.6 Å². The summed E-state index contributed by atoms with van der Waals surface area (Å²) in [5.74, 6) is 0.396. The number of hydrogen-bond donors (Lipinski definition) is 1. The summed E-state index contributed by atoms with van der Waals surface area (Å²) in [7, 11) is -1.87. The Bertz CT molecular complexity index is 962. The lowest BCUT2D eigenvalue weighted by Gasteiger charge is -2.31. The molecule has 1 aromatic carbocycles. The van der Waals surface area contributed by atoms with Gasteiger partial charge in [0.25, 0.3) is 10.0 Å². The summed E-state index contributed by atoms with van der Waals surface area (Å²) in [5, 5.41) is 3.79. The molecule has 158 valence electrons. The normalized spacial score (nSPS) is 17.2. The van der Waals surface area contributed by atoms with Gasteiger partial charge in [-0.2, -0.15) is 4.31 Å². The Labute approximate surface area is 177 Å². The molecule has 1 atom stereocenters. The van der Waals surface area contributed by atoms with E-state index in [1.807, 2.05) is 25.1 Å². The van der Waals surface area contributed by atoms with Crippen molar-refractivity contribution in [1.29, 1.82) is 0 Å². The number of carbonyl (C=O) groups is 1. The zero-order valence-electron chi connectivity index (χ0n) is 16.9. The monoisotopic (exact) mass is 438 g/mol. The minimum Gasteiger partial charge on any atom is -0.349 e. The summed E-state index contributed by atoms with van der Waals surface area (Å²) < 4.78 is 28.7. The van der Waals surface area contributed by atoms with Gasteiger partial charge in [-0.05, 0) is 43.9 Å². The first-order valence-corrected chi connectivity index (χ1v) is 11.6. The van der Waals surface area contributed by atoms with Gasteiger partial charge in [-0.1, -0.05) is 30.7 Å². The molecular formula is C20H27ClN4O3S. The molecule has 1 aromatic heterocycles. The van der Waals surface area contributed by atoms with Gasteiger partial charge in [0.05, 0.1) is 6.04 Å². The van der Waals surface area contributed by atoms with Crippen molar-refractivity contribution < 1.29 is 13.2 Å². The minimum absolute atomic E-state index is 0.0393. The van der Waals surface area contributed by atoms with Gasteiger partial charge < -0.3 is 9.88 Å². The van der Waals surface area contributed by atoms with E-state index < -0.39 is 10.0 Å². The molecular weight excluding hydrogens is 412 g/mol. The van der Waals surface area contributed by atoms with Crippen molar-refractivity contribution in [3.63, 3.8) is 0 Å². The number of rotatable bonds is 6. The minimum atomic E-state index is -3.63. The fourth-order valence-corrected chi connectivity index (χ4v) is 5.27. The van der Waals surface area contributed by atoms with Crippen LogP contribution in [0.25, 0.3) is 0 Å². The van der Waals surface area contributed by atoms with E-state index in [1.165, 1.54) is 10.5 Å². The van der Waals surface area contributed by atoms with Crippen LogP contribution in [0.1, 0.15) is 43.6 Å². The third-order valence-electron chi connectivity index (χ3n) is 5.49. The maximum absolute atomic E-state index is 12.8. The number of aromatic nitrogens is 2. The molecule has 29 heavy (non-hydrogen) atoms. The molecule has 9 heteroatoms. The predicted molar refractivity (Wildman–Crippen MR) is 112 cm³/mol. The van der Waals surface area contributed by atoms with E-state index in [4.69, 9.17) is 11.6 Å². The molecule has 2 heterocycles. The number of halogens is 1. The Morgan fingerprint density at radius 3 is 2.59 bits per heavy atom. The van der Waals surface area contributed by atoms with Crippen LogP contribution in [-0.4, -0.2) is 41.3 Å². The highest BCUT2D eigenvalue weighted by Crippen LogP contribution is 2.26. The first-order valence-electron chi connectivity index (χ1n) is 9.78. The van der Waals surface area contributed by atoms with Gasteiger partial charge in [-0.3, -0.25) is 4.79 Å².